The minimum Gasteiger partial charge on any atom is -0.361 e. The third-order valence-corrected chi connectivity index (χ3v) is 6.33. The van der Waals surface area contributed by atoms with E-state index in [0.29, 0.717) is 11.6 Å². The van der Waals surface area contributed by atoms with E-state index in [9.17, 15) is 18.0 Å². The van der Waals surface area contributed by atoms with Crippen molar-refractivity contribution >= 4 is 10.9 Å². The molecule has 3 nitrogen and oxygen atoms in total. The van der Waals surface area contributed by atoms with Crippen LogP contribution in [0.2, 0.25) is 0 Å². The maximum absolute atomic E-state index is 13.6. The Hall–Kier alpha value is -4.06. The van der Waals surface area contributed by atoms with Crippen LogP contribution in [-0.4, -0.2) is 9.55 Å². The van der Waals surface area contributed by atoms with Gasteiger partial charge in [0.05, 0.1) is 17.8 Å². The monoisotopic (exact) mass is 472 g/mol. The van der Waals surface area contributed by atoms with E-state index >= 15 is 0 Å². The average molecular weight is 473 g/mol. The molecule has 35 heavy (non-hydrogen) atoms. The second-order valence-corrected chi connectivity index (χ2v) is 8.84. The first-order valence-corrected chi connectivity index (χ1v) is 11.3. The molecule has 1 N–H and O–H groups in total. The molecule has 0 spiro atoms. The number of hydrogen-bond acceptors (Lipinski definition) is 1. The first-order valence-electron chi connectivity index (χ1n) is 11.3. The Morgan fingerprint density at radius 3 is 2.37 bits per heavy atom. The first-order chi connectivity index (χ1) is 16.7. The van der Waals surface area contributed by atoms with Crippen LogP contribution in [0.4, 0.5) is 13.2 Å². The normalized spacial score (nSPS) is 11.8. The summed E-state index contributed by atoms with van der Waals surface area (Å²) in [5, 5.41) is 1.04. The fourth-order valence-corrected chi connectivity index (χ4v) is 4.45. The zero-order valence-electron chi connectivity index (χ0n) is 19.3. The minimum atomic E-state index is -4.62. The number of fused-ring (bicyclic) bond motifs is 1. The van der Waals surface area contributed by atoms with Gasteiger partial charge in [0.15, 0.2) is 0 Å². The molecule has 2 aromatic heterocycles. The first kappa shape index (κ1) is 22.7. The summed E-state index contributed by atoms with van der Waals surface area (Å²) in [5.41, 5.74) is 4.89. The predicted molar refractivity (Wildman–Crippen MR) is 133 cm³/mol. The van der Waals surface area contributed by atoms with E-state index in [4.69, 9.17) is 0 Å². The molecule has 5 aromatic rings. The lowest BCUT2D eigenvalue weighted by molar-refractivity contribution is -0.137. The van der Waals surface area contributed by atoms with E-state index < -0.39 is 17.3 Å². The van der Waals surface area contributed by atoms with Gasteiger partial charge in [-0.05, 0) is 77.4 Å². The number of alkyl halides is 3. The highest BCUT2D eigenvalue weighted by Crippen LogP contribution is 2.33. The highest BCUT2D eigenvalue weighted by molar-refractivity contribution is 5.85. The number of halogens is 3. The van der Waals surface area contributed by atoms with Crippen molar-refractivity contribution in [3.8, 4) is 22.4 Å². The van der Waals surface area contributed by atoms with Crippen molar-refractivity contribution in [1.82, 2.24) is 9.55 Å². The number of aromatic nitrogens is 2. The number of pyridine rings is 1. The molecule has 0 aliphatic carbocycles. The number of hydrogen-bond donors (Lipinski definition) is 1. The second-order valence-electron chi connectivity index (χ2n) is 8.84. The standard InChI is InChI=1S/C29H23F3N2O/c1-18-6-7-24(19(2)12-18)17-34-27(15-25(16-28(34)35)29(30,31)32)23-5-3-4-20(14-23)21-8-9-26-22(13-21)10-11-33-26/h3-16,33H,17H2,1-2H3. The van der Waals surface area contributed by atoms with Crippen molar-refractivity contribution in [2.24, 2.45) is 0 Å². The fraction of sp³-hybridized carbons (Fsp3) is 0.138. The number of aromatic amines is 1. The fourth-order valence-electron chi connectivity index (χ4n) is 4.45. The van der Waals surface area contributed by atoms with E-state index in [2.05, 4.69) is 4.98 Å². The van der Waals surface area contributed by atoms with Gasteiger partial charge in [-0.1, -0.05) is 48.0 Å². The summed E-state index contributed by atoms with van der Waals surface area (Å²) in [6, 6.07) is 22.8. The smallest absolute Gasteiger partial charge is 0.361 e. The number of aryl methyl sites for hydroxylation is 2. The van der Waals surface area contributed by atoms with Gasteiger partial charge in [-0.15, -0.1) is 0 Å². The summed E-state index contributed by atoms with van der Waals surface area (Å²) >= 11 is 0. The van der Waals surface area contributed by atoms with Crippen LogP contribution < -0.4 is 5.56 Å². The highest BCUT2D eigenvalue weighted by Gasteiger charge is 2.32. The van der Waals surface area contributed by atoms with Crippen molar-refractivity contribution in [3.05, 3.63) is 118 Å². The average Bonchev–Trinajstić information content (AvgIpc) is 3.29. The summed E-state index contributed by atoms with van der Waals surface area (Å²) in [6.45, 7) is 4.09. The van der Waals surface area contributed by atoms with Gasteiger partial charge in [-0.25, -0.2) is 0 Å². The molecule has 0 unspecified atom stereocenters. The SMILES string of the molecule is Cc1ccc(Cn2c(-c3cccc(-c4ccc5[nH]ccc5c4)c3)cc(C(F)(F)F)cc2=O)c(C)c1. The van der Waals surface area contributed by atoms with Gasteiger partial charge in [-0.3, -0.25) is 4.79 Å². The zero-order valence-corrected chi connectivity index (χ0v) is 19.3. The van der Waals surface area contributed by atoms with Gasteiger partial charge in [0.1, 0.15) is 0 Å². The number of nitrogens with one attached hydrogen (secondary N) is 1. The number of benzene rings is 3. The predicted octanol–water partition coefficient (Wildman–Crippen LogP) is 7.35. The number of rotatable bonds is 4. The van der Waals surface area contributed by atoms with Gasteiger partial charge >= 0.3 is 6.18 Å². The lowest BCUT2D eigenvalue weighted by Gasteiger charge is -2.18. The lowest BCUT2D eigenvalue weighted by atomic mass is 9.99. The quantitative estimate of drug-likeness (QED) is 0.292. The number of nitrogens with zero attached hydrogens (tertiary/aromatic N) is 1. The second kappa shape index (κ2) is 8.62. The molecule has 5 rings (SSSR count). The third kappa shape index (κ3) is 4.52. The number of H-pyrrole nitrogens is 1. The lowest BCUT2D eigenvalue weighted by Crippen LogP contribution is -2.25. The van der Waals surface area contributed by atoms with E-state index in [0.717, 1.165) is 44.8 Å². The Kier molecular flexibility index (Phi) is 5.59. The molecular weight excluding hydrogens is 449 g/mol. The van der Waals surface area contributed by atoms with Crippen LogP contribution in [0.15, 0.2) is 89.9 Å². The molecule has 0 atom stereocenters. The molecule has 176 valence electrons. The van der Waals surface area contributed by atoms with Gasteiger partial charge in [0, 0.05) is 17.8 Å². The summed E-state index contributed by atoms with van der Waals surface area (Å²) in [6.07, 6.45) is -2.76. The van der Waals surface area contributed by atoms with Crippen molar-refractivity contribution in [2.45, 2.75) is 26.6 Å². The van der Waals surface area contributed by atoms with Gasteiger partial charge in [-0.2, -0.15) is 13.2 Å². The molecule has 0 radical (unpaired) electrons. The molecule has 3 aromatic carbocycles. The van der Waals surface area contributed by atoms with Crippen molar-refractivity contribution in [1.29, 1.82) is 0 Å². The van der Waals surface area contributed by atoms with Crippen LogP contribution >= 0.6 is 0 Å². The molecule has 0 saturated carbocycles. The Labute approximate surface area is 200 Å². The van der Waals surface area contributed by atoms with Crippen LogP contribution in [0.1, 0.15) is 22.3 Å². The maximum Gasteiger partial charge on any atom is 0.416 e. The van der Waals surface area contributed by atoms with E-state index in [1.807, 2.05) is 74.6 Å². The maximum atomic E-state index is 13.6. The molecular formula is C29H23F3N2O. The Bertz CT molecular complexity index is 1610. The van der Waals surface area contributed by atoms with Crippen molar-refractivity contribution in [2.75, 3.05) is 0 Å². The highest BCUT2D eigenvalue weighted by atomic mass is 19.4. The Balaban J connectivity index is 1.66. The molecule has 0 bridgehead atoms. The molecule has 0 fully saturated rings. The Morgan fingerprint density at radius 1 is 0.829 bits per heavy atom. The van der Waals surface area contributed by atoms with Crippen LogP contribution in [0, 0.1) is 13.8 Å². The van der Waals surface area contributed by atoms with E-state index in [1.54, 1.807) is 12.1 Å². The molecule has 0 aliphatic heterocycles. The van der Waals surface area contributed by atoms with E-state index in [1.165, 1.54) is 4.57 Å². The topological polar surface area (TPSA) is 37.8 Å². The van der Waals surface area contributed by atoms with Crippen molar-refractivity contribution in [3.63, 3.8) is 0 Å². The Morgan fingerprint density at radius 2 is 1.60 bits per heavy atom. The summed E-state index contributed by atoms with van der Waals surface area (Å²) in [5.74, 6) is 0. The largest absolute Gasteiger partial charge is 0.416 e. The molecule has 6 heteroatoms. The summed E-state index contributed by atoms with van der Waals surface area (Å²) in [7, 11) is 0. The van der Waals surface area contributed by atoms with Crippen LogP contribution in [-0.2, 0) is 12.7 Å². The summed E-state index contributed by atoms with van der Waals surface area (Å²) < 4.78 is 42.3. The van der Waals surface area contributed by atoms with Gasteiger partial charge in [0.2, 0.25) is 0 Å². The molecule has 0 aliphatic rings. The zero-order chi connectivity index (χ0) is 24.7. The van der Waals surface area contributed by atoms with Crippen LogP contribution in [0.25, 0.3) is 33.3 Å². The van der Waals surface area contributed by atoms with Crippen LogP contribution in [0.3, 0.4) is 0 Å². The minimum absolute atomic E-state index is 0.179. The molecule has 0 saturated heterocycles. The van der Waals surface area contributed by atoms with Gasteiger partial charge < -0.3 is 9.55 Å². The third-order valence-electron chi connectivity index (χ3n) is 6.33. The summed E-state index contributed by atoms with van der Waals surface area (Å²) in [4.78, 5) is 16.2. The van der Waals surface area contributed by atoms with Crippen LogP contribution in [0.5, 0.6) is 0 Å². The van der Waals surface area contributed by atoms with Gasteiger partial charge in [0.25, 0.3) is 5.56 Å². The van der Waals surface area contributed by atoms with E-state index in [-0.39, 0.29) is 12.2 Å². The van der Waals surface area contributed by atoms with Crippen molar-refractivity contribution < 1.29 is 13.2 Å². The molecule has 2 heterocycles. The molecule has 0 amide bonds.